The number of methoxy groups -OCH3 is 2. The predicted molar refractivity (Wildman–Crippen MR) is 307 cm³/mol. The van der Waals surface area contributed by atoms with Crippen molar-refractivity contribution in [2.75, 3.05) is 66.2 Å². The molecule has 4 bridgehead atoms. The Balaban J connectivity index is 1.06. The molecule has 1 unspecified atom stereocenters. The first-order valence-electron chi connectivity index (χ1n) is 26.7. The van der Waals surface area contributed by atoms with Crippen molar-refractivity contribution < 1.29 is 62.3 Å². The number of carbonyl (C=O) groups is 6. The lowest BCUT2D eigenvalue weighted by Crippen LogP contribution is -2.63. The number of epoxide rings is 1. The summed E-state index contributed by atoms with van der Waals surface area (Å²) >= 11 is 8.26. The second kappa shape index (κ2) is 27.8. The smallest absolute Gasteiger partial charge is 0.409 e. The maximum Gasteiger partial charge on any atom is 0.409 e. The minimum Gasteiger partial charge on any atom is -0.495 e. The first-order chi connectivity index (χ1) is 37.3. The maximum absolute atomic E-state index is 14.4. The molecule has 23 heteroatoms. The molecule has 79 heavy (non-hydrogen) atoms. The summed E-state index contributed by atoms with van der Waals surface area (Å²) < 4.78 is 35.1. The number of halogens is 1. The number of ether oxygens (including phenoxy) is 6. The number of nitrogens with one attached hydrogen (secondary N) is 1. The predicted octanol–water partition coefficient (Wildman–Crippen LogP) is 8.48. The summed E-state index contributed by atoms with van der Waals surface area (Å²) in [5.74, 6) is -1.81. The van der Waals surface area contributed by atoms with Crippen molar-refractivity contribution in [2.45, 2.75) is 162 Å². The van der Waals surface area contributed by atoms with Gasteiger partial charge in [0.15, 0.2) is 5.72 Å². The topological polar surface area (TPSA) is 219 Å². The van der Waals surface area contributed by atoms with E-state index in [4.69, 9.17) is 40.0 Å². The summed E-state index contributed by atoms with van der Waals surface area (Å²) in [4.78, 5) is 92.2. The Kier molecular flexibility index (Phi) is 22.4. The van der Waals surface area contributed by atoms with E-state index in [9.17, 15) is 33.9 Å². The molecular formula is C56H79ClN6O13S3. The molecule has 10 atom stereocenters. The van der Waals surface area contributed by atoms with Gasteiger partial charge >= 0.3 is 18.2 Å². The number of rotatable bonds is 18. The number of nitrogens with zero attached hydrogens (tertiary/aromatic N) is 5. The van der Waals surface area contributed by atoms with Crippen molar-refractivity contribution in [1.29, 1.82) is 0 Å². The Morgan fingerprint density at radius 2 is 1.77 bits per heavy atom. The standard InChI is InChI=1S/C56H79ClN6O13S3/c1-34-18-17-21-43(72-12)56(70)32-41(73-52(68)59-56)35(2)50-55(6,76-50)44(31-47(65)63(10)38-29-37(28-34)30-40(71-11)49(38)57)75-51(67)36(3)62(9)46(64)23-24-54(4,5)77-33-48(66)60(7)26-27-61(8)53(69)74-39-19-13-14-20-42(39)78-79-45-22-15-16-25-58-45/h15-18,21-22,25,29-30,35-36,39,41-44,50,70H,13-14,19-20,23-24,26-28,31-33H2,1-12H3,(H,59,68)/b21-17+,34-18+/t35-,36+,39+,41+,42+,43-,44+,50+,55?,56+/m1/s1. The zero-order valence-electron chi connectivity index (χ0n) is 47.5. The number of alkyl carbamates (subject to hydrolysis) is 1. The fourth-order valence-electron chi connectivity index (χ4n) is 9.79. The van der Waals surface area contributed by atoms with Crippen LogP contribution in [0.5, 0.6) is 5.75 Å². The van der Waals surface area contributed by atoms with Gasteiger partial charge in [-0.3, -0.25) is 19.7 Å². The van der Waals surface area contributed by atoms with Gasteiger partial charge in [0.05, 0.1) is 36.3 Å². The van der Waals surface area contributed by atoms with E-state index in [1.165, 1.54) is 47.7 Å². The fraction of sp³-hybridized carbons (Fsp3) is 0.625. The molecule has 19 nitrogen and oxygen atoms in total. The lowest BCUT2D eigenvalue weighted by atomic mass is 9.83. The van der Waals surface area contributed by atoms with E-state index in [0.717, 1.165) is 41.8 Å². The van der Waals surface area contributed by atoms with E-state index < -0.39 is 76.5 Å². The van der Waals surface area contributed by atoms with Gasteiger partial charge < -0.3 is 53.1 Å². The first-order valence-corrected chi connectivity index (χ1v) is 30.3. The normalized spacial score (nSPS) is 27.8. The SMILES string of the molecule is COc1cc2cc(c1Cl)N(C)C(=O)C[C@H](OC(=O)[C@H](C)N(C)C(=O)CCC(C)(C)SCC(=O)N(C)CCN(C)C(=O)O[C@H]1CCCC[C@@H]1SSc1ccccn1)C1(C)O[C@H]1[C@H](C)[C@@H]1C[C@@](O)(NC(=O)O1)[C@H](OC)/C=C/C=C(\C)C2. The monoisotopic (exact) mass is 1170 g/mol. The molecule has 3 fully saturated rings. The quantitative estimate of drug-likeness (QED) is 0.0619. The number of carbonyl (C=O) groups excluding carboxylic acids is 6. The van der Waals surface area contributed by atoms with Crippen LogP contribution in [-0.4, -0.2) is 180 Å². The van der Waals surface area contributed by atoms with Crippen molar-refractivity contribution in [3.05, 3.63) is 70.9 Å². The van der Waals surface area contributed by atoms with Crippen molar-refractivity contribution >= 4 is 86.5 Å². The van der Waals surface area contributed by atoms with E-state index in [1.54, 1.807) is 98.9 Å². The number of hydrogen-bond acceptors (Lipinski definition) is 17. The van der Waals surface area contributed by atoms with Gasteiger partial charge in [0.1, 0.15) is 51.9 Å². The molecule has 2 saturated heterocycles. The molecule has 6 rings (SSSR count). The number of likely N-dealkylation sites (N-methyl/N-ethyl adjacent to an activating group) is 3. The van der Waals surface area contributed by atoms with Crippen LogP contribution in [0.4, 0.5) is 15.3 Å². The molecule has 0 radical (unpaired) electrons. The number of hydrogen-bond donors (Lipinski definition) is 2. The molecule has 1 aromatic carbocycles. The molecule has 2 aromatic rings. The minimum atomic E-state index is -1.87. The molecule has 4 heterocycles. The number of aliphatic hydroxyl groups is 1. The maximum atomic E-state index is 14.4. The van der Waals surface area contributed by atoms with E-state index in [-0.39, 0.29) is 59.8 Å². The van der Waals surface area contributed by atoms with Crippen LogP contribution in [-0.2, 0) is 49.3 Å². The lowest BCUT2D eigenvalue weighted by molar-refractivity contribution is -0.162. The van der Waals surface area contributed by atoms with E-state index >= 15 is 0 Å². The average Bonchev–Trinajstić information content (AvgIpc) is 4.16. The largest absolute Gasteiger partial charge is 0.495 e. The fourth-order valence-corrected chi connectivity index (χ4v) is 13.7. The van der Waals surface area contributed by atoms with Crippen LogP contribution in [0.25, 0.3) is 0 Å². The number of allylic oxidation sites excluding steroid dienone is 3. The summed E-state index contributed by atoms with van der Waals surface area (Å²) in [5.41, 5.74) is -1.11. The van der Waals surface area contributed by atoms with Crippen molar-refractivity contribution in [2.24, 2.45) is 5.92 Å². The Morgan fingerprint density at radius 3 is 2.47 bits per heavy atom. The Labute approximate surface area is 482 Å². The van der Waals surface area contributed by atoms with Crippen LogP contribution in [0.1, 0.15) is 98.5 Å². The second-order valence-electron chi connectivity index (χ2n) is 21.8. The highest BCUT2D eigenvalue weighted by atomic mass is 35.5. The highest BCUT2D eigenvalue weighted by molar-refractivity contribution is 8.76. The van der Waals surface area contributed by atoms with E-state index in [1.807, 2.05) is 45.0 Å². The summed E-state index contributed by atoms with van der Waals surface area (Å²) in [6, 6.07) is 8.26. The third kappa shape index (κ3) is 16.7. The number of benzene rings is 1. The molecule has 4 aliphatic rings. The summed E-state index contributed by atoms with van der Waals surface area (Å²) in [6.45, 7) is 11.4. The van der Waals surface area contributed by atoms with Crippen LogP contribution < -0.4 is 15.0 Å². The molecule has 436 valence electrons. The van der Waals surface area contributed by atoms with Gasteiger partial charge in [0.2, 0.25) is 17.7 Å². The first kappa shape index (κ1) is 63.5. The summed E-state index contributed by atoms with van der Waals surface area (Å²) in [5, 5.41) is 15.7. The second-order valence-corrected chi connectivity index (χ2v) is 26.3. The third-order valence-electron chi connectivity index (χ3n) is 15.3. The number of fused-ring (bicyclic) bond motifs is 5. The Hall–Kier alpha value is -4.71. The summed E-state index contributed by atoms with van der Waals surface area (Å²) in [7, 11) is 12.6. The van der Waals surface area contributed by atoms with Crippen LogP contribution in [0.15, 0.2) is 65.4 Å². The number of pyridine rings is 1. The Morgan fingerprint density at radius 1 is 1.05 bits per heavy atom. The van der Waals surface area contributed by atoms with Gasteiger partial charge in [0, 0.05) is 78.1 Å². The lowest BCUT2D eigenvalue weighted by Gasteiger charge is -2.42. The van der Waals surface area contributed by atoms with Gasteiger partial charge in [-0.15, -0.1) is 11.8 Å². The zero-order valence-corrected chi connectivity index (χ0v) is 50.7. The molecule has 1 aliphatic carbocycles. The molecule has 5 amide bonds. The molecule has 3 aliphatic heterocycles. The summed E-state index contributed by atoms with van der Waals surface area (Å²) in [6.07, 6.45) is 5.93. The van der Waals surface area contributed by atoms with Crippen LogP contribution in [0.2, 0.25) is 5.02 Å². The number of amides is 5. The van der Waals surface area contributed by atoms with E-state index in [0.29, 0.717) is 30.8 Å². The van der Waals surface area contributed by atoms with Crippen LogP contribution in [0, 0.1) is 5.92 Å². The van der Waals surface area contributed by atoms with Gasteiger partial charge in [-0.05, 0) is 93.5 Å². The molecule has 0 spiro atoms. The molecule has 1 aromatic heterocycles. The molecule has 1 saturated carbocycles. The zero-order chi connectivity index (χ0) is 58.0. The number of thioether (sulfide) groups is 1. The third-order valence-corrected chi connectivity index (χ3v) is 19.9. The van der Waals surface area contributed by atoms with Crippen LogP contribution in [0.3, 0.4) is 0 Å². The van der Waals surface area contributed by atoms with Crippen LogP contribution >= 0.6 is 45.0 Å². The minimum absolute atomic E-state index is 0.0556. The average molecular weight is 1180 g/mol. The van der Waals surface area contributed by atoms with Gasteiger partial charge in [-0.25, -0.2) is 19.4 Å². The highest BCUT2D eigenvalue weighted by Gasteiger charge is 2.64. The number of aromatic nitrogens is 1. The van der Waals surface area contributed by atoms with Gasteiger partial charge in [-0.2, -0.15) is 0 Å². The molecular weight excluding hydrogens is 1100 g/mol. The Bertz CT molecular complexity index is 2560. The number of esters is 1. The van der Waals surface area contributed by atoms with Gasteiger partial charge in [-0.1, -0.05) is 79.5 Å². The van der Waals surface area contributed by atoms with Gasteiger partial charge in [0.25, 0.3) is 0 Å². The van der Waals surface area contributed by atoms with Crippen molar-refractivity contribution in [3.63, 3.8) is 0 Å². The number of anilines is 1. The van der Waals surface area contributed by atoms with Crippen molar-refractivity contribution in [1.82, 2.24) is 25.0 Å². The molecule has 2 N–H and O–H groups in total. The van der Waals surface area contributed by atoms with E-state index in [2.05, 4.69) is 10.3 Å². The van der Waals surface area contributed by atoms with Crippen molar-refractivity contribution in [3.8, 4) is 5.75 Å². The highest BCUT2D eigenvalue weighted by Crippen LogP contribution is 2.49.